The number of aliphatic hydroxyl groups excluding tert-OH is 1. The summed E-state index contributed by atoms with van der Waals surface area (Å²) in [5.41, 5.74) is 10.7. The van der Waals surface area contributed by atoms with Gasteiger partial charge in [0.2, 0.25) is 11.8 Å². The first-order valence-electron chi connectivity index (χ1n) is 11.0. The minimum atomic E-state index is -0.0744. The van der Waals surface area contributed by atoms with Gasteiger partial charge >= 0.3 is 0 Å². The minimum Gasteiger partial charge on any atom is -0.476 e. The van der Waals surface area contributed by atoms with Crippen LogP contribution in [0.5, 0.6) is 5.88 Å². The molecule has 0 spiro atoms. The van der Waals surface area contributed by atoms with Crippen LogP contribution in [-0.4, -0.2) is 50.9 Å². The van der Waals surface area contributed by atoms with E-state index < -0.39 is 0 Å². The van der Waals surface area contributed by atoms with Crippen LogP contribution in [0.2, 0.25) is 0 Å². The van der Waals surface area contributed by atoms with Crippen LogP contribution in [0.1, 0.15) is 41.9 Å². The maximum Gasteiger partial charge on any atom is 0.237 e. The highest BCUT2D eigenvalue weighted by atomic mass is 32.2. The lowest BCUT2D eigenvalue weighted by Gasteiger charge is -2.16. The van der Waals surface area contributed by atoms with Crippen LogP contribution in [0, 0.1) is 19.8 Å². The van der Waals surface area contributed by atoms with Crippen LogP contribution in [-0.2, 0) is 7.05 Å². The molecular formula is C24H34N6O3S. The van der Waals surface area contributed by atoms with Crippen LogP contribution in [0.4, 0.5) is 5.95 Å². The Balaban J connectivity index is 0.00000199. The van der Waals surface area contributed by atoms with Gasteiger partial charge in [-0.2, -0.15) is 10.1 Å². The van der Waals surface area contributed by atoms with E-state index in [-0.39, 0.29) is 6.04 Å². The smallest absolute Gasteiger partial charge is 0.237 e. The summed E-state index contributed by atoms with van der Waals surface area (Å²) in [6.45, 7) is 8.75. The molecule has 4 N–H and O–H groups in total. The van der Waals surface area contributed by atoms with Crippen LogP contribution in [0.25, 0.3) is 11.3 Å². The van der Waals surface area contributed by atoms with E-state index in [4.69, 9.17) is 20.6 Å². The molecule has 10 heteroatoms. The summed E-state index contributed by atoms with van der Waals surface area (Å²) in [5.74, 6) is 1.34. The lowest BCUT2D eigenvalue weighted by atomic mass is 10.00. The van der Waals surface area contributed by atoms with Gasteiger partial charge in [0, 0.05) is 49.8 Å². The fraction of sp³-hybridized carbons (Fsp3) is 0.417. The number of nitrogens with one attached hydrogen (secondary N) is 1. The van der Waals surface area contributed by atoms with Gasteiger partial charge in [-0.05, 0) is 37.3 Å². The summed E-state index contributed by atoms with van der Waals surface area (Å²) in [5, 5.41) is 11.9. The molecule has 0 bridgehead atoms. The Bertz CT molecular complexity index is 1070. The minimum absolute atomic E-state index is 0.0744. The summed E-state index contributed by atoms with van der Waals surface area (Å²) in [7, 11) is 2.72. The predicted molar refractivity (Wildman–Crippen MR) is 136 cm³/mol. The first-order chi connectivity index (χ1) is 16.3. The van der Waals surface area contributed by atoms with Gasteiger partial charge in [-0.15, -0.1) is 0 Å². The van der Waals surface area contributed by atoms with Crippen LogP contribution < -0.4 is 15.2 Å². The molecule has 1 atom stereocenters. The molecule has 0 fully saturated rings. The number of carbonyl (C=O) groups excluding carboxylic acids is 1. The Kier molecular flexibility index (Phi) is 10.5. The molecule has 2 aromatic heterocycles. The maximum atomic E-state index is 11.1. The lowest BCUT2D eigenvalue weighted by molar-refractivity contribution is 0.111. The molecule has 3 aromatic rings. The highest BCUT2D eigenvalue weighted by Crippen LogP contribution is 2.30. The van der Waals surface area contributed by atoms with Crippen molar-refractivity contribution in [2.24, 2.45) is 18.7 Å². The van der Waals surface area contributed by atoms with E-state index in [9.17, 15) is 4.79 Å². The van der Waals surface area contributed by atoms with Crippen molar-refractivity contribution < 1.29 is 14.6 Å². The third-order valence-corrected chi connectivity index (χ3v) is 5.61. The lowest BCUT2D eigenvalue weighted by Crippen LogP contribution is -2.29. The number of benzene rings is 1. The summed E-state index contributed by atoms with van der Waals surface area (Å²) in [6, 6.07) is 9.61. The van der Waals surface area contributed by atoms with Crippen molar-refractivity contribution in [2.45, 2.75) is 45.2 Å². The van der Waals surface area contributed by atoms with Gasteiger partial charge in [-0.25, -0.2) is 4.98 Å². The molecule has 34 heavy (non-hydrogen) atoms. The van der Waals surface area contributed by atoms with Crippen molar-refractivity contribution in [3.05, 3.63) is 47.2 Å². The third kappa shape index (κ3) is 7.54. The highest BCUT2D eigenvalue weighted by Gasteiger charge is 2.14. The van der Waals surface area contributed by atoms with Crippen molar-refractivity contribution in [3.63, 3.8) is 0 Å². The number of carbonyl (C=O) groups is 1. The number of hydrogen-bond acceptors (Lipinski definition) is 9. The zero-order valence-electron chi connectivity index (χ0n) is 20.6. The number of rotatable bonds is 10. The van der Waals surface area contributed by atoms with Gasteiger partial charge in [0.05, 0.1) is 5.69 Å². The van der Waals surface area contributed by atoms with Gasteiger partial charge in [0.15, 0.2) is 6.29 Å². The molecule has 1 aromatic carbocycles. The number of aryl methyl sites for hydroxylation is 3. The number of ether oxygens (including phenoxy) is 1. The molecule has 0 aliphatic heterocycles. The number of hydrogen-bond donors (Lipinski definition) is 3. The monoisotopic (exact) mass is 486 g/mol. The molecule has 184 valence electrons. The Hall–Kier alpha value is -2.95. The van der Waals surface area contributed by atoms with Crippen LogP contribution >= 0.6 is 11.9 Å². The van der Waals surface area contributed by atoms with Crippen molar-refractivity contribution >= 4 is 24.2 Å². The molecule has 0 saturated heterocycles. The van der Waals surface area contributed by atoms with Gasteiger partial charge in [0.1, 0.15) is 17.3 Å². The molecule has 1 unspecified atom stereocenters. The molecule has 2 heterocycles. The van der Waals surface area contributed by atoms with Gasteiger partial charge in [-0.3, -0.25) is 14.2 Å². The predicted octanol–water partition coefficient (Wildman–Crippen LogP) is 3.79. The number of aliphatic hydroxyl groups is 1. The molecule has 3 rings (SSSR count). The standard InChI is InChI=1S/C23H30N6O2S.CH4O/c1-14(2)9-17(24)13-31-20-11-19(22-15(3)7-6-8-16(22)4)25-23(26-20)28-32-21-10-18(12-30)29(5)27-21;1-2/h6-8,10-12,14,17H,9,13,24H2,1-5H3,(H,25,26,28);2H,1H3. The Morgan fingerprint density at radius 3 is 2.47 bits per heavy atom. The summed E-state index contributed by atoms with van der Waals surface area (Å²) >= 11 is 1.23. The maximum absolute atomic E-state index is 11.1. The molecule has 0 aliphatic carbocycles. The second kappa shape index (κ2) is 13.1. The number of nitrogens with two attached hydrogens (primary N) is 1. The van der Waals surface area contributed by atoms with Gasteiger partial charge in [0.25, 0.3) is 0 Å². The van der Waals surface area contributed by atoms with Crippen molar-refractivity contribution in [1.82, 2.24) is 19.7 Å². The number of aldehydes is 1. The largest absolute Gasteiger partial charge is 0.476 e. The van der Waals surface area contributed by atoms with Gasteiger partial charge < -0.3 is 15.6 Å². The fourth-order valence-electron chi connectivity index (χ4n) is 3.47. The zero-order chi connectivity index (χ0) is 25.3. The summed E-state index contributed by atoms with van der Waals surface area (Å²) < 4.78 is 10.6. The number of aromatic nitrogens is 4. The summed E-state index contributed by atoms with van der Waals surface area (Å²) in [6.07, 6.45) is 1.63. The van der Waals surface area contributed by atoms with E-state index in [0.29, 0.717) is 35.1 Å². The second-order valence-corrected chi connectivity index (χ2v) is 9.06. The highest BCUT2D eigenvalue weighted by molar-refractivity contribution is 8.00. The molecule has 0 aliphatic rings. The van der Waals surface area contributed by atoms with E-state index >= 15 is 0 Å². The first kappa shape index (κ1) is 27.3. The van der Waals surface area contributed by atoms with Crippen LogP contribution in [0.3, 0.4) is 0 Å². The van der Waals surface area contributed by atoms with E-state index in [1.165, 1.54) is 16.6 Å². The fourth-order valence-corrected chi connectivity index (χ4v) is 4.10. The molecule has 0 saturated carbocycles. The molecule has 0 radical (unpaired) electrons. The zero-order valence-corrected chi connectivity index (χ0v) is 21.4. The van der Waals surface area contributed by atoms with Crippen molar-refractivity contribution in [3.8, 4) is 17.1 Å². The average molecular weight is 487 g/mol. The third-order valence-electron chi connectivity index (χ3n) is 4.92. The number of nitrogens with zero attached hydrogens (tertiary/aromatic N) is 4. The van der Waals surface area contributed by atoms with E-state index in [1.807, 2.05) is 12.1 Å². The molecule has 0 amide bonds. The first-order valence-corrected chi connectivity index (χ1v) is 11.8. The van der Waals surface area contributed by atoms with E-state index in [0.717, 1.165) is 42.2 Å². The van der Waals surface area contributed by atoms with Crippen molar-refractivity contribution in [1.29, 1.82) is 0 Å². The Morgan fingerprint density at radius 1 is 1.21 bits per heavy atom. The molecule has 9 nitrogen and oxygen atoms in total. The summed E-state index contributed by atoms with van der Waals surface area (Å²) in [4.78, 5) is 20.3. The second-order valence-electron chi connectivity index (χ2n) is 8.24. The van der Waals surface area contributed by atoms with E-state index in [2.05, 4.69) is 54.6 Å². The average Bonchev–Trinajstić information content (AvgIpc) is 3.16. The Morgan fingerprint density at radius 2 is 1.88 bits per heavy atom. The van der Waals surface area contributed by atoms with Crippen LogP contribution in [0.15, 0.2) is 35.4 Å². The Labute approximate surface area is 205 Å². The normalized spacial score (nSPS) is 11.6. The van der Waals surface area contributed by atoms with Gasteiger partial charge in [-0.1, -0.05) is 32.0 Å². The number of anilines is 1. The SMILES string of the molecule is CO.Cc1cccc(C)c1-c1cc(OCC(N)CC(C)C)nc(NSc2cc(C=O)n(C)n2)n1. The van der Waals surface area contributed by atoms with E-state index in [1.54, 1.807) is 13.1 Å². The molecular weight excluding hydrogens is 452 g/mol. The van der Waals surface area contributed by atoms with Crippen molar-refractivity contribution in [2.75, 3.05) is 18.4 Å². The topological polar surface area (TPSA) is 128 Å². The quantitative estimate of drug-likeness (QED) is 0.290.